The summed E-state index contributed by atoms with van der Waals surface area (Å²) in [7, 11) is 0. The number of aromatic nitrogens is 3. The SMILES string of the molecule is CC(C)(C)c1ccc(CSc2ncn[nH]2)cc1. The summed E-state index contributed by atoms with van der Waals surface area (Å²) in [5.41, 5.74) is 2.89. The maximum Gasteiger partial charge on any atom is 0.183 e. The molecule has 0 amide bonds. The van der Waals surface area contributed by atoms with Gasteiger partial charge in [0.05, 0.1) is 0 Å². The third-order valence-electron chi connectivity index (χ3n) is 2.59. The molecule has 3 nitrogen and oxygen atoms in total. The van der Waals surface area contributed by atoms with Gasteiger partial charge in [-0.15, -0.1) is 0 Å². The summed E-state index contributed by atoms with van der Waals surface area (Å²) in [6.45, 7) is 6.68. The predicted molar refractivity (Wildman–Crippen MR) is 71.1 cm³/mol. The maximum atomic E-state index is 4.08. The van der Waals surface area contributed by atoms with Crippen LogP contribution in [0.15, 0.2) is 35.7 Å². The molecule has 1 heterocycles. The number of benzene rings is 1. The molecular formula is C13H17N3S. The lowest BCUT2D eigenvalue weighted by Crippen LogP contribution is -2.10. The van der Waals surface area contributed by atoms with E-state index in [0.29, 0.717) is 0 Å². The predicted octanol–water partition coefficient (Wildman–Crippen LogP) is 3.39. The van der Waals surface area contributed by atoms with Crippen molar-refractivity contribution in [2.75, 3.05) is 0 Å². The second-order valence-corrected chi connectivity index (χ2v) is 5.99. The normalized spacial score (nSPS) is 11.7. The lowest BCUT2D eigenvalue weighted by atomic mass is 9.87. The van der Waals surface area contributed by atoms with Crippen LogP contribution in [0, 0.1) is 0 Å². The molecule has 0 aliphatic rings. The first-order valence-electron chi connectivity index (χ1n) is 5.63. The molecule has 0 aliphatic carbocycles. The fraction of sp³-hybridized carbons (Fsp3) is 0.385. The van der Waals surface area contributed by atoms with Gasteiger partial charge in [0.15, 0.2) is 5.16 Å². The molecule has 0 bridgehead atoms. The summed E-state index contributed by atoms with van der Waals surface area (Å²) in [4.78, 5) is 4.08. The van der Waals surface area contributed by atoms with Gasteiger partial charge in [0.25, 0.3) is 0 Å². The molecule has 1 aromatic carbocycles. The Balaban J connectivity index is 1.99. The smallest absolute Gasteiger partial charge is 0.183 e. The molecule has 0 unspecified atom stereocenters. The lowest BCUT2D eigenvalue weighted by Gasteiger charge is -2.19. The van der Waals surface area contributed by atoms with Crippen molar-refractivity contribution in [1.29, 1.82) is 0 Å². The Bertz CT molecular complexity index is 454. The fourth-order valence-electron chi connectivity index (χ4n) is 1.52. The minimum atomic E-state index is 0.219. The standard InChI is InChI=1S/C13H17N3S/c1-13(2,3)11-6-4-10(5-7-11)8-17-12-14-9-15-16-12/h4-7,9H,8H2,1-3H3,(H,14,15,16). The molecule has 0 atom stereocenters. The molecule has 1 aromatic heterocycles. The van der Waals surface area contributed by atoms with Gasteiger partial charge in [-0.25, -0.2) is 4.98 Å². The van der Waals surface area contributed by atoms with Crippen molar-refractivity contribution < 1.29 is 0 Å². The van der Waals surface area contributed by atoms with Crippen LogP contribution >= 0.6 is 11.8 Å². The highest BCUT2D eigenvalue weighted by molar-refractivity contribution is 7.98. The molecule has 0 fully saturated rings. The van der Waals surface area contributed by atoms with E-state index in [2.05, 4.69) is 60.2 Å². The van der Waals surface area contributed by atoms with E-state index in [1.165, 1.54) is 17.5 Å². The first-order valence-corrected chi connectivity index (χ1v) is 6.62. The summed E-state index contributed by atoms with van der Waals surface area (Å²) in [6.07, 6.45) is 1.53. The molecule has 17 heavy (non-hydrogen) atoms. The molecule has 4 heteroatoms. The van der Waals surface area contributed by atoms with Crippen LogP contribution in [-0.2, 0) is 11.2 Å². The van der Waals surface area contributed by atoms with Gasteiger partial charge in [-0.05, 0) is 16.5 Å². The average Bonchev–Trinajstić information content (AvgIpc) is 2.78. The van der Waals surface area contributed by atoms with E-state index >= 15 is 0 Å². The summed E-state index contributed by atoms with van der Waals surface area (Å²) in [6, 6.07) is 8.78. The van der Waals surface area contributed by atoms with E-state index < -0.39 is 0 Å². The van der Waals surface area contributed by atoms with Crippen LogP contribution in [0.4, 0.5) is 0 Å². The number of nitrogens with one attached hydrogen (secondary N) is 1. The number of thioether (sulfide) groups is 1. The van der Waals surface area contributed by atoms with Crippen LogP contribution in [0.25, 0.3) is 0 Å². The molecule has 2 aromatic rings. The van der Waals surface area contributed by atoms with Crippen LogP contribution in [0.5, 0.6) is 0 Å². The van der Waals surface area contributed by atoms with Crippen molar-refractivity contribution in [2.24, 2.45) is 0 Å². The lowest BCUT2D eigenvalue weighted by molar-refractivity contribution is 0.590. The monoisotopic (exact) mass is 247 g/mol. The number of nitrogens with zero attached hydrogens (tertiary/aromatic N) is 2. The van der Waals surface area contributed by atoms with Crippen LogP contribution in [0.2, 0.25) is 0 Å². The van der Waals surface area contributed by atoms with Crippen LogP contribution < -0.4 is 0 Å². The van der Waals surface area contributed by atoms with E-state index in [1.54, 1.807) is 11.8 Å². The second-order valence-electron chi connectivity index (χ2n) is 5.03. The Morgan fingerprint density at radius 2 is 1.88 bits per heavy atom. The first kappa shape index (κ1) is 12.2. The highest BCUT2D eigenvalue weighted by Crippen LogP contribution is 2.24. The third-order valence-corrected chi connectivity index (χ3v) is 3.54. The number of rotatable bonds is 3. The molecule has 0 spiro atoms. The Hall–Kier alpha value is -1.29. The topological polar surface area (TPSA) is 41.6 Å². The number of hydrogen-bond acceptors (Lipinski definition) is 3. The third kappa shape index (κ3) is 3.33. The van der Waals surface area contributed by atoms with Crippen molar-refractivity contribution in [1.82, 2.24) is 15.2 Å². The molecule has 0 saturated heterocycles. The van der Waals surface area contributed by atoms with Crippen molar-refractivity contribution in [3.8, 4) is 0 Å². The van der Waals surface area contributed by atoms with Gasteiger partial charge in [0, 0.05) is 5.75 Å². The summed E-state index contributed by atoms with van der Waals surface area (Å²) in [5.74, 6) is 0.916. The van der Waals surface area contributed by atoms with E-state index in [-0.39, 0.29) is 5.41 Å². The van der Waals surface area contributed by atoms with Crippen LogP contribution in [0.3, 0.4) is 0 Å². The van der Waals surface area contributed by atoms with Gasteiger partial charge in [0.1, 0.15) is 6.33 Å². The minimum Gasteiger partial charge on any atom is -0.254 e. The molecule has 0 radical (unpaired) electrons. The zero-order valence-electron chi connectivity index (χ0n) is 10.4. The van der Waals surface area contributed by atoms with Gasteiger partial charge >= 0.3 is 0 Å². The minimum absolute atomic E-state index is 0.219. The second kappa shape index (κ2) is 4.92. The van der Waals surface area contributed by atoms with Gasteiger partial charge in [-0.3, -0.25) is 5.10 Å². The van der Waals surface area contributed by atoms with Gasteiger partial charge in [-0.2, -0.15) is 5.10 Å². The molecule has 2 rings (SSSR count). The number of hydrogen-bond donors (Lipinski definition) is 1. The summed E-state index contributed by atoms with van der Waals surface area (Å²) >= 11 is 1.66. The van der Waals surface area contributed by atoms with Crippen molar-refractivity contribution in [3.63, 3.8) is 0 Å². The zero-order chi connectivity index (χ0) is 12.3. The number of aromatic amines is 1. The van der Waals surface area contributed by atoms with Gasteiger partial charge < -0.3 is 0 Å². The van der Waals surface area contributed by atoms with Crippen molar-refractivity contribution in [3.05, 3.63) is 41.7 Å². The maximum absolute atomic E-state index is 4.08. The first-order chi connectivity index (χ1) is 8.05. The summed E-state index contributed by atoms with van der Waals surface area (Å²) < 4.78 is 0. The Morgan fingerprint density at radius 3 is 2.41 bits per heavy atom. The highest BCUT2D eigenvalue weighted by atomic mass is 32.2. The molecular weight excluding hydrogens is 230 g/mol. The quantitative estimate of drug-likeness (QED) is 0.845. The number of H-pyrrole nitrogens is 1. The zero-order valence-corrected chi connectivity index (χ0v) is 11.2. The Morgan fingerprint density at radius 1 is 1.18 bits per heavy atom. The van der Waals surface area contributed by atoms with Crippen LogP contribution in [-0.4, -0.2) is 15.2 Å². The van der Waals surface area contributed by atoms with Gasteiger partial charge in [-0.1, -0.05) is 56.8 Å². The average molecular weight is 247 g/mol. The highest BCUT2D eigenvalue weighted by Gasteiger charge is 2.12. The van der Waals surface area contributed by atoms with Crippen molar-refractivity contribution in [2.45, 2.75) is 37.1 Å². The van der Waals surface area contributed by atoms with E-state index in [9.17, 15) is 0 Å². The molecule has 1 N–H and O–H groups in total. The molecule has 0 aliphatic heterocycles. The molecule has 0 saturated carbocycles. The Labute approximate surface area is 106 Å². The Kier molecular flexibility index (Phi) is 3.52. The van der Waals surface area contributed by atoms with Gasteiger partial charge in [0.2, 0.25) is 0 Å². The van der Waals surface area contributed by atoms with E-state index in [4.69, 9.17) is 0 Å². The van der Waals surface area contributed by atoms with Crippen LogP contribution in [0.1, 0.15) is 31.9 Å². The summed E-state index contributed by atoms with van der Waals surface area (Å²) in [5, 5.41) is 7.53. The fourth-order valence-corrected chi connectivity index (χ4v) is 2.25. The largest absolute Gasteiger partial charge is 0.254 e. The van der Waals surface area contributed by atoms with E-state index in [1.807, 2.05) is 0 Å². The molecule has 90 valence electrons. The van der Waals surface area contributed by atoms with E-state index in [0.717, 1.165) is 10.9 Å². The van der Waals surface area contributed by atoms with Crippen molar-refractivity contribution >= 4 is 11.8 Å².